The van der Waals surface area contributed by atoms with E-state index < -0.39 is 6.04 Å². The topological polar surface area (TPSA) is 62.6 Å². The molecule has 0 radical (unpaired) electrons. The number of aromatic nitrogens is 1. The molecule has 5 rings (SSSR count). The van der Waals surface area contributed by atoms with Gasteiger partial charge < -0.3 is 14.4 Å². The van der Waals surface area contributed by atoms with E-state index in [9.17, 15) is 14.4 Å². The molecule has 6 heteroatoms. The molecule has 4 heterocycles. The number of carbonyl (C=O) groups excluding carboxylic acids is 2. The summed E-state index contributed by atoms with van der Waals surface area (Å²) < 4.78 is 1.88. The second-order valence-corrected chi connectivity index (χ2v) is 9.36. The Bertz CT molecular complexity index is 1090. The molecule has 1 saturated heterocycles. The first-order valence-corrected chi connectivity index (χ1v) is 11.3. The Kier molecular flexibility index (Phi) is 4.95. The van der Waals surface area contributed by atoms with Crippen LogP contribution in [-0.4, -0.2) is 45.3 Å². The molecule has 0 unspecified atom stereocenters. The summed E-state index contributed by atoms with van der Waals surface area (Å²) in [4.78, 5) is 43.1. The van der Waals surface area contributed by atoms with E-state index >= 15 is 0 Å². The lowest BCUT2D eigenvalue weighted by atomic mass is 9.82. The van der Waals surface area contributed by atoms with Gasteiger partial charge in [-0.3, -0.25) is 14.4 Å². The first-order valence-electron chi connectivity index (χ1n) is 11.3. The first kappa shape index (κ1) is 20.0. The normalized spacial score (nSPS) is 23.9. The van der Waals surface area contributed by atoms with Crippen LogP contribution in [0.1, 0.15) is 54.2 Å². The minimum Gasteiger partial charge on any atom is -0.340 e. The maximum Gasteiger partial charge on any atom is 0.255 e. The van der Waals surface area contributed by atoms with Gasteiger partial charge in [0.1, 0.15) is 6.04 Å². The van der Waals surface area contributed by atoms with Crippen LogP contribution < -0.4 is 5.56 Å². The van der Waals surface area contributed by atoms with Gasteiger partial charge in [-0.05, 0) is 36.0 Å². The SMILES string of the molecule is CC[C@@H](C)[C@@H](C(=O)N1C[C@H]2C[C@@H](C1)c1cccc(=O)n1C2)N1Cc2ccccc2C1=O. The number of hydrogen-bond acceptors (Lipinski definition) is 3. The van der Waals surface area contributed by atoms with Crippen LogP contribution in [0.4, 0.5) is 0 Å². The predicted molar refractivity (Wildman–Crippen MR) is 118 cm³/mol. The third-order valence-corrected chi connectivity index (χ3v) is 7.41. The molecule has 0 saturated carbocycles. The molecule has 1 fully saturated rings. The van der Waals surface area contributed by atoms with E-state index in [1.165, 1.54) is 0 Å². The van der Waals surface area contributed by atoms with E-state index in [1.54, 1.807) is 11.0 Å². The summed E-state index contributed by atoms with van der Waals surface area (Å²) in [5, 5.41) is 0. The van der Waals surface area contributed by atoms with Crippen molar-refractivity contribution in [3.05, 3.63) is 69.6 Å². The number of hydrogen-bond donors (Lipinski definition) is 0. The zero-order chi connectivity index (χ0) is 21.7. The molecule has 31 heavy (non-hydrogen) atoms. The highest BCUT2D eigenvalue weighted by Crippen LogP contribution is 2.36. The van der Waals surface area contributed by atoms with Crippen molar-refractivity contribution in [2.45, 2.75) is 51.7 Å². The van der Waals surface area contributed by atoms with Crippen LogP contribution in [-0.2, 0) is 17.9 Å². The number of benzene rings is 1. The predicted octanol–water partition coefficient (Wildman–Crippen LogP) is 2.86. The number of amides is 2. The second kappa shape index (κ2) is 7.66. The van der Waals surface area contributed by atoms with Crippen molar-refractivity contribution in [3.63, 3.8) is 0 Å². The van der Waals surface area contributed by atoms with Crippen molar-refractivity contribution in [3.8, 4) is 0 Å². The van der Waals surface area contributed by atoms with E-state index in [2.05, 4.69) is 13.8 Å². The van der Waals surface area contributed by atoms with Gasteiger partial charge in [-0.25, -0.2) is 0 Å². The van der Waals surface area contributed by atoms with Gasteiger partial charge in [0.05, 0.1) is 0 Å². The van der Waals surface area contributed by atoms with Crippen molar-refractivity contribution in [2.75, 3.05) is 13.1 Å². The van der Waals surface area contributed by atoms with Crippen LogP contribution in [0.3, 0.4) is 0 Å². The third-order valence-electron chi connectivity index (χ3n) is 7.41. The minimum atomic E-state index is -0.457. The number of rotatable bonds is 4. The molecule has 1 aromatic carbocycles. The molecule has 2 bridgehead atoms. The second-order valence-electron chi connectivity index (χ2n) is 9.36. The summed E-state index contributed by atoms with van der Waals surface area (Å²) in [6, 6.07) is 12.7. The first-order chi connectivity index (χ1) is 15.0. The summed E-state index contributed by atoms with van der Waals surface area (Å²) in [6.07, 6.45) is 1.84. The smallest absolute Gasteiger partial charge is 0.255 e. The molecule has 1 aromatic heterocycles. The molecule has 3 aliphatic heterocycles. The highest BCUT2D eigenvalue weighted by Gasteiger charge is 2.43. The average molecular weight is 420 g/mol. The number of nitrogens with zero attached hydrogens (tertiary/aromatic N) is 3. The molecule has 4 atom stereocenters. The zero-order valence-electron chi connectivity index (χ0n) is 18.2. The Morgan fingerprint density at radius 2 is 1.87 bits per heavy atom. The van der Waals surface area contributed by atoms with Crippen LogP contribution in [0.5, 0.6) is 0 Å². The molecule has 2 aromatic rings. The van der Waals surface area contributed by atoms with Crippen molar-refractivity contribution in [1.29, 1.82) is 0 Å². The number of fused-ring (bicyclic) bond motifs is 5. The Hall–Kier alpha value is -2.89. The van der Waals surface area contributed by atoms with Gasteiger partial charge in [0.15, 0.2) is 0 Å². The van der Waals surface area contributed by atoms with E-state index in [0.29, 0.717) is 31.7 Å². The van der Waals surface area contributed by atoms with Gasteiger partial charge in [0.2, 0.25) is 5.91 Å². The van der Waals surface area contributed by atoms with Crippen LogP contribution in [0.2, 0.25) is 0 Å². The highest BCUT2D eigenvalue weighted by molar-refractivity contribution is 6.01. The Labute approximate surface area is 182 Å². The standard InChI is InChI=1S/C25H29N3O3/c1-3-16(2)23(28-15-18-7-4-5-8-20(18)24(28)30)25(31)26-12-17-11-19(14-26)21-9-6-10-22(29)27(21)13-17/h4-10,16-17,19,23H,3,11-15H2,1-2H3/t16-,17-,19+,23+/m1/s1. The quantitative estimate of drug-likeness (QED) is 0.766. The van der Waals surface area contributed by atoms with Crippen LogP contribution >= 0.6 is 0 Å². The molecule has 162 valence electrons. The third kappa shape index (κ3) is 3.29. The average Bonchev–Trinajstić information content (AvgIpc) is 3.10. The number of pyridine rings is 1. The molecule has 3 aliphatic rings. The fraction of sp³-hybridized carbons (Fsp3) is 0.480. The Balaban J connectivity index is 1.43. The number of piperidine rings is 1. The van der Waals surface area contributed by atoms with E-state index in [1.807, 2.05) is 45.9 Å². The largest absolute Gasteiger partial charge is 0.340 e. The maximum atomic E-state index is 13.9. The molecular weight excluding hydrogens is 390 g/mol. The summed E-state index contributed by atoms with van der Waals surface area (Å²) >= 11 is 0. The van der Waals surface area contributed by atoms with Crippen molar-refractivity contribution < 1.29 is 9.59 Å². The van der Waals surface area contributed by atoms with Crippen LogP contribution in [0.15, 0.2) is 47.3 Å². The Morgan fingerprint density at radius 3 is 2.65 bits per heavy atom. The fourth-order valence-corrected chi connectivity index (χ4v) is 5.67. The van der Waals surface area contributed by atoms with E-state index in [-0.39, 0.29) is 35.1 Å². The molecular formula is C25H29N3O3. The Morgan fingerprint density at radius 1 is 1.06 bits per heavy atom. The summed E-state index contributed by atoms with van der Waals surface area (Å²) in [5.41, 5.74) is 2.79. The summed E-state index contributed by atoms with van der Waals surface area (Å²) in [5.74, 6) is 0.538. The van der Waals surface area contributed by atoms with Gasteiger partial charge in [-0.2, -0.15) is 0 Å². The van der Waals surface area contributed by atoms with Gasteiger partial charge in [0.25, 0.3) is 11.5 Å². The van der Waals surface area contributed by atoms with Crippen molar-refractivity contribution in [2.24, 2.45) is 11.8 Å². The maximum absolute atomic E-state index is 13.9. The summed E-state index contributed by atoms with van der Waals surface area (Å²) in [7, 11) is 0. The molecule has 2 amide bonds. The van der Waals surface area contributed by atoms with E-state index in [4.69, 9.17) is 0 Å². The number of carbonyl (C=O) groups is 2. The van der Waals surface area contributed by atoms with Crippen molar-refractivity contribution >= 4 is 11.8 Å². The molecule has 6 nitrogen and oxygen atoms in total. The minimum absolute atomic E-state index is 0.0386. The zero-order valence-corrected chi connectivity index (χ0v) is 18.2. The lowest BCUT2D eigenvalue weighted by Gasteiger charge is -2.45. The van der Waals surface area contributed by atoms with Gasteiger partial charge in [-0.1, -0.05) is 44.5 Å². The molecule has 0 aliphatic carbocycles. The van der Waals surface area contributed by atoms with Crippen LogP contribution in [0.25, 0.3) is 0 Å². The fourth-order valence-electron chi connectivity index (χ4n) is 5.67. The monoisotopic (exact) mass is 419 g/mol. The van der Waals surface area contributed by atoms with Crippen LogP contribution in [0, 0.1) is 11.8 Å². The molecule has 0 N–H and O–H groups in total. The lowest BCUT2D eigenvalue weighted by molar-refractivity contribution is -0.141. The van der Waals surface area contributed by atoms with Gasteiger partial charge >= 0.3 is 0 Å². The number of likely N-dealkylation sites (tertiary alicyclic amines) is 1. The highest BCUT2D eigenvalue weighted by atomic mass is 16.2. The van der Waals surface area contributed by atoms with Gasteiger partial charge in [0, 0.05) is 49.4 Å². The van der Waals surface area contributed by atoms with Gasteiger partial charge in [-0.15, -0.1) is 0 Å². The lowest BCUT2D eigenvalue weighted by Crippen LogP contribution is -2.56. The molecule has 0 spiro atoms. The van der Waals surface area contributed by atoms with Crippen molar-refractivity contribution in [1.82, 2.24) is 14.4 Å². The van der Waals surface area contributed by atoms with E-state index in [0.717, 1.165) is 24.1 Å². The summed E-state index contributed by atoms with van der Waals surface area (Å²) in [6.45, 7) is 6.56.